The molecule has 1 rings (SSSR count). The summed E-state index contributed by atoms with van der Waals surface area (Å²) in [5.74, 6) is -1.86. The zero-order valence-electron chi connectivity index (χ0n) is 11.8. The third kappa shape index (κ3) is 2.44. The predicted molar refractivity (Wildman–Crippen MR) is 69.5 cm³/mol. The minimum Gasteiger partial charge on any atom is -0.480 e. The van der Waals surface area contributed by atoms with Gasteiger partial charge in [0, 0.05) is 0 Å². The van der Waals surface area contributed by atoms with Crippen LogP contribution in [-0.2, 0) is 14.0 Å². The number of hydrogen-bond donors (Lipinski definition) is 2. The van der Waals surface area contributed by atoms with Crippen LogP contribution in [0.15, 0.2) is 0 Å². The summed E-state index contributed by atoms with van der Waals surface area (Å²) in [6.45, 7) is 11.7. The second-order valence-corrected chi connectivity index (χ2v) is 8.19. The fourth-order valence-corrected chi connectivity index (χ4v) is 3.54. The number of β-lactam (4-membered cyclic amide) rings is 1. The maximum Gasteiger partial charge on any atom is 0.327 e. The summed E-state index contributed by atoms with van der Waals surface area (Å²) >= 11 is 0. The molecule has 5 nitrogen and oxygen atoms in total. The Kier molecular flexibility index (Phi) is 3.93. The molecular formula is C12H22NO4Si. The molecule has 1 heterocycles. The number of carbonyl (C=O) groups is 2. The van der Waals surface area contributed by atoms with Gasteiger partial charge in [0.25, 0.3) is 0 Å². The first-order chi connectivity index (χ1) is 8.00. The monoisotopic (exact) mass is 272 g/mol. The summed E-state index contributed by atoms with van der Waals surface area (Å²) < 4.78 is 6.03. The molecule has 103 valence electrons. The van der Waals surface area contributed by atoms with Crippen LogP contribution in [-0.4, -0.2) is 37.7 Å². The fraction of sp³-hybridized carbons (Fsp3) is 0.833. The summed E-state index contributed by atoms with van der Waals surface area (Å²) in [5, 5.41) is 11.6. The van der Waals surface area contributed by atoms with E-state index >= 15 is 0 Å². The molecule has 0 bridgehead atoms. The van der Waals surface area contributed by atoms with Gasteiger partial charge < -0.3 is 14.8 Å². The minimum atomic E-state index is -1.04. The smallest absolute Gasteiger partial charge is 0.327 e. The molecule has 6 heteroatoms. The van der Waals surface area contributed by atoms with Crippen LogP contribution in [0.2, 0.25) is 13.1 Å². The largest absolute Gasteiger partial charge is 0.480 e. The molecule has 1 radical (unpaired) electrons. The van der Waals surface area contributed by atoms with Crippen molar-refractivity contribution < 1.29 is 19.1 Å². The van der Waals surface area contributed by atoms with Gasteiger partial charge in [-0.25, -0.2) is 4.79 Å². The first-order valence-corrected chi connectivity index (χ1v) is 8.44. The molecule has 0 aromatic heterocycles. The zero-order chi connectivity index (χ0) is 14.3. The van der Waals surface area contributed by atoms with Crippen molar-refractivity contribution in [1.82, 2.24) is 5.32 Å². The van der Waals surface area contributed by atoms with Gasteiger partial charge in [0.05, 0.1) is 11.5 Å². The Morgan fingerprint density at radius 2 is 1.83 bits per heavy atom. The van der Waals surface area contributed by atoms with Crippen LogP contribution in [0.5, 0.6) is 0 Å². The second kappa shape index (κ2) is 4.66. The maximum absolute atomic E-state index is 11.8. The number of carboxylic acids is 1. The number of hydrogen-bond acceptors (Lipinski definition) is 3. The topological polar surface area (TPSA) is 75.6 Å². The molecule has 0 aliphatic carbocycles. The lowest BCUT2D eigenvalue weighted by molar-refractivity contribution is -0.171. The number of amides is 1. The van der Waals surface area contributed by atoms with Gasteiger partial charge in [-0.15, -0.1) is 0 Å². The van der Waals surface area contributed by atoms with Crippen molar-refractivity contribution in [2.45, 2.75) is 52.4 Å². The number of rotatable bonds is 4. The van der Waals surface area contributed by atoms with Gasteiger partial charge in [-0.3, -0.25) is 4.79 Å². The van der Waals surface area contributed by atoms with Gasteiger partial charge in [-0.1, -0.05) is 20.8 Å². The van der Waals surface area contributed by atoms with Crippen molar-refractivity contribution in [2.24, 2.45) is 11.3 Å². The van der Waals surface area contributed by atoms with Crippen LogP contribution in [0.1, 0.15) is 27.7 Å². The molecule has 18 heavy (non-hydrogen) atoms. The van der Waals surface area contributed by atoms with E-state index in [1.165, 1.54) is 0 Å². The van der Waals surface area contributed by atoms with E-state index < -0.39 is 32.6 Å². The average Bonchev–Trinajstić information content (AvgIpc) is 2.09. The van der Waals surface area contributed by atoms with E-state index in [1.54, 1.807) is 0 Å². The molecule has 0 saturated carbocycles. The van der Waals surface area contributed by atoms with E-state index in [-0.39, 0.29) is 11.3 Å². The van der Waals surface area contributed by atoms with Crippen LogP contribution in [0.3, 0.4) is 0 Å². The van der Waals surface area contributed by atoms with E-state index in [4.69, 9.17) is 9.53 Å². The van der Waals surface area contributed by atoms with Crippen molar-refractivity contribution in [2.75, 3.05) is 0 Å². The molecule has 1 aliphatic heterocycles. The summed E-state index contributed by atoms with van der Waals surface area (Å²) in [6, 6.07) is -0.844. The Balaban J connectivity index is 3.11. The van der Waals surface area contributed by atoms with E-state index in [2.05, 4.69) is 5.32 Å². The quantitative estimate of drug-likeness (QED) is 0.597. The third-order valence-corrected chi connectivity index (χ3v) is 4.51. The van der Waals surface area contributed by atoms with E-state index in [0.717, 1.165) is 0 Å². The first kappa shape index (κ1) is 15.2. The minimum absolute atomic E-state index is 0.233. The van der Waals surface area contributed by atoms with Gasteiger partial charge in [0.15, 0.2) is 0 Å². The Hall–Kier alpha value is -0.883. The lowest BCUT2D eigenvalue weighted by atomic mass is 9.64. The second-order valence-electron chi connectivity index (χ2n) is 6.17. The Labute approximate surface area is 110 Å². The van der Waals surface area contributed by atoms with Crippen molar-refractivity contribution in [3.8, 4) is 0 Å². The number of nitrogens with one attached hydrogen (secondary N) is 1. The summed E-state index contributed by atoms with van der Waals surface area (Å²) in [5.41, 5.74) is -1.08. The van der Waals surface area contributed by atoms with Crippen molar-refractivity contribution in [3.63, 3.8) is 0 Å². The molecule has 1 saturated heterocycles. The van der Waals surface area contributed by atoms with E-state index in [9.17, 15) is 9.59 Å². The van der Waals surface area contributed by atoms with Crippen LogP contribution in [0, 0.1) is 11.3 Å². The highest BCUT2D eigenvalue weighted by atomic mass is 28.3. The Morgan fingerprint density at radius 1 is 1.33 bits per heavy atom. The predicted octanol–water partition coefficient (Wildman–Crippen LogP) is 1.26. The first-order valence-electron chi connectivity index (χ1n) is 6.03. The average molecular weight is 272 g/mol. The molecule has 0 aromatic carbocycles. The normalized spacial score (nSPS) is 27.4. The number of aliphatic carboxylic acids is 1. The van der Waals surface area contributed by atoms with E-state index in [1.807, 2.05) is 40.8 Å². The zero-order valence-corrected chi connectivity index (χ0v) is 12.8. The molecule has 1 amide bonds. The number of carboxylic acid groups (broad SMARTS) is 1. The molecular weight excluding hydrogens is 250 g/mol. The molecule has 3 unspecified atom stereocenters. The highest BCUT2D eigenvalue weighted by molar-refractivity contribution is 6.48. The lowest BCUT2D eigenvalue weighted by Gasteiger charge is -2.53. The van der Waals surface area contributed by atoms with Crippen molar-refractivity contribution in [1.29, 1.82) is 0 Å². The van der Waals surface area contributed by atoms with Gasteiger partial charge in [-0.05, 0) is 25.4 Å². The maximum atomic E-state index is 11.8. The van der Waals surface area contributed by atoms with Crippen LogP contribution < -0.4 is 5.32 Å². The highest BCUT2D eigenvalue weighted by Gasteiger charge is 2.59. The molecule has 0 aromatic rings. The third-order valence-electron chi connectivity index (χ3n) is 3.68. The molecule has 3 atom stereocenters. The summed E-state index contributed by atoms with van der Waals surface area (Å²) in [7, 11) is -1.04. The number of carbonyl (C=O) groups excluding carboxylic acids is 1. The molecule has 0 spiro atoms. The summed E-state index contributed by atoms with van der Waals surface area (Å²) in [6.07, 6.45) is 0. The fourth-order valence-electron chi connectivity index (χ4n) is 2.26. The Bertz CT molecular complexity index is 364. The van der Waals surface area contributed by atoms with Crippen LogP contribution >= 0.6 is 0 Å². The van der Waals surface area contributed by atoms with Gasteiger partial charge >= 0.3 is 5.97 Å². The van der Waals surface area contributed by atoms with Gasteiger partial charge in [0.2, 0.25) is 14.9 Å². The standard InChI is InChI=1S/C12H22NO4Si/c1-11(2,3)12(4,17-18(5)6)7-8(10(15)16)13-9(7)14/h7-8H,1-6H3,(H,13,14)(H,15,16). The summed E-state index contributed by atoms with van der Waals surface area (Å²) in [4.78, 5) is 22.9. The lowest BCUT2D eigenvalue weighted by Crippen LogP contribution is -2.72. The SMILES string of the molecule is C[Si](C)OC(C)(C1C(=O)NC1C(=O)O)C(C)(C)C. The molecule has 2 N–H and O–H groups in total. The highest BCUT2D eigenvalue weighted by Crippen LogP contribution is 2.44. The van der Waals surface area contributed by atoms with Gasteiger partial charge in [0.1, 0.15) is 6.04 Å². The van der Waals surface area contributed by atoms with Crippen LogP contribution in [0.25, 0.3) is 0 Å². The van der Waals surface area contributed by atoms with Crippen LogP contribution in [0.4, 0.5) is 0 Å². The van der Waals surface area contributed by atoms with Crippen molar-refractivity contribution >= 4 is 20.9 Å². The van der Waals surface area contributed by atoms with Crippen molar-refractivity contribution in [3.05, 3.63) is 0 Å². The van der Waals surface area contributed by atoms with E-state index in [0.29, 0.717) is 0 Å². The van der Waals surface area contributed by atoms with Gasteiger partial charge in [-0.2, -0.15) is 0 Å². The molecule has 1 aliphatic rings. The molecule has 1 fully saturated rings. The Morgan fingerprint density at radius 3 is 2.11 bits per heavy atom.